The number of nitrogens with zero attached hydrogens (tertiary/aromatic N) is 3. The minimum atomic E-state index is 0.331. The molecule has 2 aromatic rings. The molecule has 0 spiro atoms. The van der Waals surface area contributed by atoms with Gasteiger partial charge >= 0.3 is 0 Å². The van der Waals surface area contributed by atoms with Gasteiger partial charge in [0.05, 0.1) is 0 Å². The first kappa shape index (κ1) is 12.1. The van der Waals surface area contributed by atoms with Crippen molar-refractivity contribution in [1.82, 2.24) is 20.1 Å². The second-order valence-corrected chi connectivity index (χ2v) is 4.72. The number of hydrogen-bond donors (Lipinski definition) is 1. The first-order chi connectivity index (χ1) is 8.31. The Morgan fingerprint density at radius 1 is 1.35 bits per heavy atom. The quantitative estimate of drug-likeness (QED) is 0.820. The van der Waals surface area contributed by atoms with E-state index in [1.807, 2.05) is 20.2 Å². The van der Waals surface area contributed by atoms with Gasteiger partial charge in [0.1, 0.15) is 6.33 Å². The molecule has 0 fully saturated rings. The molecular weight excluding hydrogens is 232 g/mol. The lowest BCUT2D eigenvalue weighted by Gasteiger charge is -2.15. The van der Waals surface area contributed by atoms with E-state index in [1.54, 1.807) is 22.8 Å². The van der Waals surface area contributed by atoms with Crippen LogP contribution < -0.4 is 5.32 Å². The standard InChI is InChI=1S/C12H16N4S/c1-13-11(10-6-4-3-5-7-10)8-17-12-14-9-15-16(12)2/h3-7,9,11,13H,8H2,1-2H3. The molecule has 17 heavy (non-hydrogen) atoms. The van der Waals surface area contributed by atoms with Crippen LogP contribution >= 0.6 is 11.8 Å². The number of aromatic nitrogens is 3. The van der Waals surface area contributed by atoms with E-state index in [0.717, 1.165) is 10.9 Å². The summed E-state index contributed by atoms with van der Waals surface area (Å²) < 4.78 is 1.79. The van der Waals surface area contributed by atoms with Crippen molar-refractivity contribution in [3.05, 3.63) is 42.2 Å². The smallest absolute Gasteiger partial charge is 0.185 e. The summed E-state index contributed by atoms with van der Waals surface area (Å²) in [4.78, 5) is 4.20. The summed E-state index contributed by atoms with van der Waals surface area (Å²) in [6.45, 7) is 0. The van der Waals surface area contributed by atoms with Gasteiger partial charge in [0.2, 0.25) is 0 Å². The van der Waals surface area contributed by atoms with Gasteiger partial charge in [-0.05, 0) is 12.6 Å². The Bertz CT molecular complexity index is 455. The highest BCUT2D eigenvalue weighted by Crippen LogP contribution is 2.22. The summed E-state index contributed by atoms with van der Waals surface area (Å²) in [5, 5.41) is 8.32. The molecule has 1 aromatic heterocycles. The van der Waals surface area contributed by atoms with Gasteiger partial charge in [-0.1, -0.05) is 42.1 Å². The molecule has 90 valence electrons. The summed E-state index contributed by atoms with van der Waals surface area (Å²) in [5.41, 5.74) is 1.30. The maximum atomic E-state index is 4.20. The summed E-state index contributed by atoms with van der Waals surface area (Å²) in [5.74, 6) is 0.938. The predicted octanol–water partition coefficient (Wildman–Crippen LogP) is 1.87. The third-order valence-corrected chi connectivity index (χ3v) is 3.73. The summed E-state index contributed by atoms with van der Waals surface area (Å²) in [6.07, 6.45) is 1.58. The molecule has 1 atom stereocenters. The highest BCUT2D eigenvalue weighted by Gasteiger charge is 2.10. The molecule has 0 saturated heterocycles. The Morgan fingerprint density at radius 3 is 2.71 bits per heavy atom. The van der Waals surface area contributed by atoms with Crippen LogP contribution in [0.4, 0.5) is 0 Å². The van der Waals surface area contributed by atoms with Crippen molar-refractivity contribution >= 4 is 11.8 Å². The largest absolute Gasteiger partial charge is 0.312 e. The van der Waals surface area contributed by atoms with Gasteiger partial charge in [0.25, 0.3) is 0 Å². The van der Waals surface area contributed by atoms with Crippen LogP contribution in [0.5, 0.6) is 0 Å². The van der Waals surface area contributed by atoms with Crippen LogP contribution in [-0.2, 0) is 7.05 Å². The topological polar surface area (TPSA) is 42.7 Å². The molecule has 4 nitrogen and oxygen atoms in total. The first-order valence-corrected chi connectivity index (χ1v) is 6.49. The Labute approximate surface area is 105 Å². The summed E-state index contributed by atoms with van der Waals surface area (Å²) >= 11 is 1.71. The average molecular weight is 248 g/mol. The van der Waals surface area contributed by atoms with Crippen LogP contribution in [0.1, 0.15) is 11.6 Å². The molecule has 0 amide bonds. The molecular formula is C12H16N4S. The highest BCUT2D eigenvalue weighted by atomic mass is 32.2. The Kier molecular flexibility index (Phi) is 4.17. The van der Waals surface area contributed by atoms with E-state index in [2.05, 4.69) is 39.7 Å². The minimum Gasteiger partial charge on any atom is -0.312 e. The molecule has 1 unspecified atom stereocenters. The number of nitrogens with one attached hydrogen (secondary N) is 1. The lowest BCUT2D eigenvalue weighted by atomic mass is 10.1. The van der Waals surface area contributed by atoms with E-state index in [1.165, 1.54) is 5.56 Å². The second kappa shape index (κ2) is 5.84. The van der Waals surface area contributed by atoms with Crippen LogP contribution in [0.3, 0.4) is 0 Å². The summed E-state index contributed by atoms with van der Waals surface area (Å²) in [7, 11) is 3.89. The number of rotatable bonds is 5. The van der Waals surface area contributed by atoms with E-state index >= 15 is 0 Å². The normalized spacial score (nSPS) is 12.6. The summed E-state index contributed by atoms with van der Waals surface area (Å²) in [6, 6.07) is 10.8. The third kappa shape index (κ3) is 3.08. The fraction of sp³-hybridized carbons (Fsp3) is 0.333. The Hall–Kier alpha value is -1.33. The van der Waals surface area contributed by atoms with Crippen molar-refractivity contribution in [1.29, 1.82) is 0 Å². The molecule has 5 heteroatoms. The van der Waals surface area contributed by atoms with E-state index in [0.29, 0.717) is 6.04 Å². The lowest BCUT2D eigenvalue weighted by Crippen LogP contribution is -2.18. The predicted molar refractivity (Wildman–Crippen MR) is 70.0 cm³/mol. The second-order valence-electron chi connectivity index (χ2n) is 3.73. The van der Waals surface area contributed by atoms with E-state index in [-0.39, 0.29) is 0 Å². The molecule has 0 bridgehead atoms. The van der Waals surface area contributed by atoms with Gasteiger partial charge in [-0.15, -0.1) is 0 Å². The van der Waals surface area contributed by atoms with Crippen molar-refractivity contribution in [3.8, 4) is 0 Å². The first-order valence-electron chi connectivity index (χ1n) is 5.50. The fourth-order valence-corrected chi connectivity index (χ4v) is 2.64. The lowest BCUT2D eigenvalue weighted by molar-refractivity contribution is 0.653. The minimum absolute atomic E-state index is 0.331. The molecule has 1 heterocycles. The van der Waals surface area contributed by atoms with Crippen LogP contribution in [-0.4, -0.2) is 27.6 Å². The zero-order valence-corrected chi connectivity index (χ0v) is 10.8. The molecule has 1 aromatic carbocycles. The fourth-order valence-electron chi connectivity index (χ4n) is 1.61. The highest BCUT2D eigenvalue weighted by molar-refractivity contribution is 7.99. The van der Waals surface area contributed by atoms with Gasteiger partial charge < -0.3 is 5.32 Å². The van der Waals surface area contributed by atoms with E-state index in [4.69, 9.17) is 0 Å². The number of thioether (sulfide) groups is 1. The van der Waals surface area contributed by atoms with Crippen molar-refractivity contribution in [2.24, 2.45) is 7.05 Å². The number of aryl methyl sites for hydroxylation is 1. The van der Waals surface area contributed by atoms with Crippen LogP contribution in [0, 0.1) is 0 Å². The van der Waals surface area contributed by atoms with Gasteiger partial charge in [-0.2, -0.15) is 5.10 Å². The third-order valence-electron chi connectivity index (χ3n) is 2.60. The van der Waals surface area contributed by atoms with Crippen molar-refractivity contribution in [2.75, 3.05) is 12.8 Å². The van der Waals surface area contributed by atoms with Crippen LogP contribution in [0.25, 0.3) is 0 Å². The SMILES string of the molecule is CNC(CSc1ncnn1C)c1ccccc1. The molecule has 1 N–H and O–H groups in total. The van der Waals surface area contributed by atoms with E-state index in [9.17, 15) is 0 Å². The molecule has 0 aliphatic heterocycles. The van der Waals surface area contributed by atoms with Gasteiger partial charge in [0.15, 0.2) is 5.16 Å². The van der Waals surface area contributed by atoms with Crippen molar-refractivity contribution < 1.29 is 0 Å². The zero-order valence-electron chi connectivity index (χ0n) is 10.00. The van der Waals surface area contributed by atoms with Gasteiger partial charge in [-0.25, -0.2) is 9.67 Å². The van der Waals surface area contributed by atoms with Gasteiger partial charge in [-0.3, -0.25) is 0 Å². The molecule has 0 radical (unpaired) electrons. The number of hydrogen-bond acceptors (Lipinski definition) is 4. The van der Waals surface area contributed by atoms with Crippen molar-refractivity contribution in [3.63, 3.8) is 0 Å². The molecule has 0 aliphatic carbocycles. The maximum absolute atomic E-state index is 4.20. The zero-order chi connectivity index (χ0) is 12.1. The Balaban J connectivity index is 1.99. The molecule has 2 rings (SSSR count). The monoisotopic (exact) mass is 248 g/mol. The van der Waals surface area contributed by atoms with Gasteiger partial charge in [0, 0.05) is 18.8 Å². The van der Waals surface area contributed by atoms with Crippen LogP contribution in [0.15, 0.2) is 41.8 Å². The molecule has 0 aliphatic rings. The van der Waals surface area contributed by atoms with Crippen molar-refractivity contribution in [2.45, 2.75) is 11.2 Å². The average Bonchev–Trinajstić information content (AvgIpc) is 2.77. The van der Waals surface area contributed by atoms with E-state index < -0.39 is 0 Å². The number of benzene rings is 1. The van der Waals surface area contributed by atoms with Crippen LogP contribution in [0.2, 0.25) is 0 Å². The molecule has 0 saturated carbocycles. The Morgan fingerprint density at radius 2 is 2.12 bits per heavy atom. The maximum Gasteiger partial charge on any atom is 0.185 e.